The van der Waals surface area contributed by atoms with Crippen molar-refractivity contribution < 1.29 is 9.53 Å². The smallest absolute Gasteiger partial charge is 0.252 e. The van der Waals surface area contributed by atoms with Crippen molar-refractivity contribution in [2.75, 3.05) is 6.61 Å². The molecular weight excluding hydrogens is 282 g/mol. The van der Waals surface area contributed by atoms with E-state index < -0.39 is 5.60 Å². The Morgan fingerprint density at radius 3 is 3.09 bits per heavy atom. The number of nitrogens with one attached hydrogen (secondary N) is 2. The Hall–Kier alpha value is -2.28. The third-order valence-electron chi connectivity index (χ3n) is 3.88. The first-order valence-corrected chi connectivity index (χ1v) is 7.36. The summed E-state index contributed by atoms with van der Waals surface area (Å²) >= 11 is 0. The van der Waals surface area contributed by atoms with E-state index in [2.05, 4.69) is 25.5 Å². The summed E-state index contributed by atoms with van der Waals surface area (Å²) in [6, 6.07) is 3.44. The molecule has 3 heterocycles. The summed E-state index contributed by atoms with van der Waals surface area (Å²) < 4.78 is 5.55. The highest BCUT2D eigenvalue weighted by Gasteiger charge is 2.38. The third kappa shape index (κ3) is 2.85. The lowest BCUT2D eigenvalue weighted by atomic mass is 10.0. The largest absolute Gasteiger partial charge is 0.365 e. The molecule has 7 heteroatoms. The van der Waals surface area contributed by atoms with Gasteiger partial charge in [-0.15, -0.1) is 0 Å². The van der Waals surface area contributed by atoms with Crippen LogP contribution in [0.4, 0.5) is 0 Å². The van der Waals surface area contributed by atoms with Gasteiger partial charge in [-0.2, -0.15) is 5.10 Å². The number of hydrogen-bond acceptors (Lipinski definition) is 5. The molecule has 2 aromatic heterocycles. The lowest BCUT2D eigenvalue weighted by molar-refractivity contribution is -0.140. The van der Waals surface area contributed by atoms with Crippen molar-refractivity contribution in [3.8, 4) is 11.4 Å². The van der Waals surface area contributed by atoms with Gasteiger partial charge in [0.1, 0.15) is 11.4 Å². The van der Waals surface area contributed by atoms with Gasteiger partial charge in [0.15, 0.2) is 5.82 Å². The zero-order chi connectivity index (χ0) is 15.6. The number of hydrogen-bond donors (Lipinski definition) is 2. The van der Waals surface area contributed by atoms with E-state index in [0.717, 1.165) is 18.4 Å². The van der Waals surface area contributed by atoms with Crippen molar-refractivity contribution >= 4 is 5.91 Å². The molecule has 2 N–H and O–H groups in total. The van der Waals surface area contributed by atoms with Gasteiger partial charge in [0.2, 0.25) is 0 Å². The Morgan fingerprint density at radius 1 is 1.55 bits per heavy atom. The number of ether oxygens (including phenoxy) is 1. The van der Waals surface area contributed by atoms with Gasteiger partial charge in [-0.3, -0.25) is 14.9 Å². The summed E-state index contributed by atoms with van der Waals surface area (Å²) in [5, 5.41) is 9.97. The van der Waals surface area contributed by atoms with Gasteiger partial charge in [0.25, 0.3) is 5.91 Å². The number of amides is 1. The molecule has 0 bridgehead atoms. The first-order valence-electron chi connectivity index (χ1n) is 7.36. The van der Waals surface area contributed by atoms with Crippen LogP contribution < -0.4 is 5.32 Å². The summed E-state index contributed by atoms with van der Waals surface area (Å²) in [4.78, 5) is 20.8. The van der Waals surface area contributed by atoms with E-state index in [1.165, 1.54) is 0 Å². The van der Waals surface area contributed by atoms with Gasteiger partial charge in [0, 0.05) is 24.6 Å². The molecule has 0 aromatic carbocycles. The minimum atomic E-state index is -0.736. The predicted octanol–water partition coefficient (Wildman–Crippen LogP) is 1.61. The summed E-state index contributed by atoms with van der Waals surface area (Å²) in [7, 11) is 0. The Balaban J connectivity index is 1.69. The SMILES string of the molecule is C[C@H](NC(=O)[C@@]1(C)CCCO1)c1nc(-c2cccnc2)n[nH]1. The third-order valence-corrected chi connectivity index (χ3v) is 3.88. The van der Waals surface area contributed by atoms with Gasteiger partial charge in [-0.05, 0) is 38.8 Å². The average molecular weight is 301 g/mol. The maximum absolute atomic E-state index is 12.3. The van der Waals surface area contributed by atoms with E-state index in [1.807, 2.05) is 26.0 Å². The van der Waals surface area contributed by atoms with Crippen molar-refractivity contribution in [3.05, 3.63) is 30.4 Å². The Labute approximate surface area is 128 Å². The summed E-state index contributed by atoms with van der Waals surface area (Å²) in [6.07, 6.45) is 5.04. The second kappa shape index (κ2) is 5.84. The number of carbonyl (C=O) groups is 1. The van der Waals surface area contributed by atoms with Crippen molar-refractivity contribution in [1.82, 2.24) is 25.5 Å². The van der Waals surface area contributed by atoms with Crippen molar-refractivity contribution in [1.29, 1.82) is 0 Å². The molecule has 1 aliphatic rings. The van der Waals surface area contributed by atoms with Gasteiger partial charge in [0.05, 0.1) is 6.04 Å². The number of H-pyrrole nitrogens is 1. The first kappa shape index (κ1) is 14.6. The van der Waals surface area contributed by atoms with Crippen LogP contribution in [0, 0.1) is 0 Å². The molecule has 7 nitrogen and oxygen atoms in total. The molecule has 0 unspecified atom stereocenters. The lowest BCUT2D eigenvalue weighted by Crippen LogP contribution is -2.45. The van der Waals surface area contributed by atoms with Gasteiger partial charge < -0.3 is 10.1 Å². The van der Waals surface area contributed by atoms with Crippen molar-refractivity contribution in [2.24, 2.45) is 0 Å². The van der Waals surface area contributed by atoms with E-state index in [9.17, 15) is 4.79 Å². The van der Waals surface area contributed by atoms with E-state index in [1.54, 1.807) is 12.4 Å². The average Bonchev–Trinajstić information content (AvgIpc) is 3.18. The van der Waals surface area contributed by atoms with Crippen LogP contribution in [0.25, 0.3) is 11.4 Å². The lowest BCUT2D eigenvalue weighted by Gasteiger charge is -2.23. The van der Waals surface area contributed by atoms with Crippen LogP contribution in [-0.4, -0.2) is 38.3 Å². The topological polar surface area (TPSA) is 92.8 Å². The monoisotopic (exact) mass is 301 g/mol. The van der Waals surface area contributed by atoms with E-state index in [0.29, 0.717) is 18.3 Å². The molecule has 22 heavy (non-hydrogen) atoms. The van der Waals surface area contributed by atoms with E-state index in [-0.39, 0.29) is 11.9 Å². The Kier molecular flexibility index (Phi) is 3.89. The molecule has 2 aromatic rings. The number of rotatable bonds is 4. The Morgan fingerprint density at radius 2 is 2.41 bits per heavy atom. The number of aromatic amines is 1. The fourth-order valence-electron chi connectivity index (χ4n) is 2.47. The summed E-state index contributed by atoms with van der Waals surface area (Å²) in [5.74, 6) is 1.05. The molecule has 1 fully saturated rings. The minimum Gasteiger partial charge on any atom is -0.365 e. The van der Waals surface area contributed by atoms with E-state index in [4.69, 9.17) is 4.74 Å². The maximum Gasteiger partial charge on any atom is 0.252 e. The molecule has 3 rings (SSSR count). The molecule has 116 valence electrons. The zero-order valence-electron chi connectivity index (χ0n) is 12.7. The molecule has 0 aliphatic carbocycles. The minimum absolute atomic E-state index is 0.114. The molecule has 1 aliphatic heterocycles. The second-order valence-corrected chi connectivity index (χ2v) is 5.66. The molecule has 2 atom stereocenters. The summed E-state index contributed by atoms with van der Waals surface area (Å²) in [5.41, 5.74) is 0.0927. The van der Waals surface area contributed by atoms with Crippen molar-refractivity contribution in [3.63, 3.8) is 0 Å². The molecule has 1 saturated heterocycles. The first-order chi connectivity index (χ1) is 10.6. The van der Waals surface area contributed by atoms with Gasteiger partial charge in [-0.25, -0.2) is 4.98 Å². The van der Waals surface area contributed by atoms with Crippen LogP contribution in [0.5, 0.6) is 0 Å². The van der Waals surface area contributed by atoms with Crippen LogP contribution in [0.3, 0.4) is 0 Å². The Bertz CT molecular complexity index is 649. The highest BCUT2D eigenvalue weighted by atomic mass is 16.5. The van der Waals surface area contributed by atoms with Gasteiger partial charge in [-0.1, -0.05) is 0 Å². The highest BCUT2D eigenvalue weighted by Crippen LogP contribution is 2.26. The fourth-order valence-corrected chi connectivity index (χ4v) is 2.47. The number of aromatic nitrogens is 4. The number of nitrogens with zero attached hydrogens (tertiary/aromatic N) is 3. The molecule has 0 saturated carbocycles. The normalized spacial score (nSPS) is 22.5. The van der Waals surface area contributed by atoms with Crippen LogP contribution >= 0.6 is 0 Å². The quantitative estimate of drug-likeness (QED) is 0.895. The number of pyridine rings is 1. The maximum atomic E-state index is 12.3. The predicted molar refractivity (Wildman–Crippen MR) is 79.8 cm³/mol. The van der Waals surface area contributed by atoms with Gasteiger partial charge >= 0.3 is 0 Å². The molecule has 0 spiro atoms. The number of carbonyl (C=O) groups excluding carboxylic acids is 1. The standard InChI is InChI=1S/C15H19N5O2/c1-10(17-14(21)15(2)6-4-8-22-15)12-18-13(20-19-12)11-5-3-7-16-9-11/h3,5,7,9-10H,4,6,8H2,1-2H3,(H,17,21)(H,18,19,20)/t10-,15+/m0/s1. The molecular formula is C15H19N5O2. The fraction of sp³-hybridized carbons (Fsp3) is 0.467. The second-order valence-electron chi connectivity index (χ2n) is 5.66. The highest BCUT2D eigenvalue weighted by molar-refractivity contribution is 5.85. The van der Waals surface area contributed by atoms with Crippen LogP contribution in [0.2, 0.25) is 0 Å². The summed E-state index contributed by atoms with van der Waals surface area (Å²) in [6.45, 7) is 4.32. The van der Waals surface area contributed by atoms with Crippen LogP contribution in [-0.2, 0) is 9.53 Å². The van der Waals surface area contributed by atoms with Crippen LogP contribution in [0.1, 0.15) is 38.6 Å². The van der Waals surface area contributed by atoms with Crippen molar-refractivity contribution in [2.45, 2.75) is 38.3 Å². The molecule has 0 radical (unpaired) electrons. The molecule has 1 amide bonds. The zero-order valence-corrected chi connectivity index (χ0v) is 12.7. The van der Waals surface area contributed by atoms with Crippen LogP contribution in [0.15, 0.2) is 24.5 Å². The van der Waals surface area contributed by atoms with E-state index >= 15 is 0 Å².